The molecule has 0 aliphatic carbocycles. The lowest BCUT2D eigenvalue weighted by Gasteiger charge is -2.15. The van der Waals surface area contributed by atoms with Crippen molar-refractivity contribution in [3.05, 3.63) is 88.9 Å². The highest BCUT2D eigenvalue weighted by Gasteiger charge is 2.20. The largest absolute Gasteiger partial charge is 0.488 e. The minimum atomic E-state index is -0.0936. The molecule has 0 N–H and O–H groups in total. The van der Waals surface area contributed by atoms with Crippen molar-refractivity contribution in [3.8, 4) is 11.4 Å². The lowest BCUT2D eigenvalue weighted by molar-refractivity contribution is 0.359. The van der Waals surface area contributed by atoms with Gasteiger partial charge in [-0.25, -0.2) is 4.98 Å². The number of ether oxygens (including phenoxy) is 1. The SMILES string of the molecule is C=CC1=CCc2c(c3cccnc3n(-c3ccccc3)c2=O)OC1. The Balaban J connectivity index is 2.08. The van der Waals surface area contributed by atoms with Crippen LogP contribution in [-0.4, -0.2) is 16.2 Å². The van der Waals surface area contributed by atoms with Crippen LogP contribution in [0.2, 0.25) is 0 Å². The average molecular weight is 316 g/mol. The van der Waals surface area contributed by atoms with Crippen LogP contribution in [0.4, 0.5) is 0 Å². The Morgan fingerprint density at radius 3 is 2.79 bits per heavy atom. The van der Waals surface area contributed by atoms with Crippen molar-refractivity contribution in [1.82, 2.24) is 9.55 Å². The minimum Gasteiger partial charge on any atom is -0.488 e. The first-order valence-corrected chi connectivity index (χ1v) is 7.82. The van der Waals surface area contributed by atoms with Gasteiger partial charge < -0.3 is 4.74 Å². The summed E-state index contributed by atoms with van der Waals surface area (Å²) in [6.07, 6.45) is 5.98. The molecule has 1 aliphatic heterocycles. The van der Waals surface area contributed by atoms with Crippen molar-refractivity contribution in [3.63, 3.8) is 0 Å². The maximum Gasteiger partial charge on any atom is 0.264 e. The van der Waals surface area contributed by atoms with E-state index in [1.54, 1.807) is 16.8 Å². The van der Waals surface area contributed by atoms with Crippen molar-refractivity contribution in [2.75, 3.05) is 6.61 Å². The summed E-state index contributed by atoms with van der Waals surface area (Å²) in [5, 5.41) is 0.842. The number of hydrogen-bond donors (Lipinski definition) is 0. The third-order valence-corrected chi connectivity index (χ3v) is 4.21. The fraction of sp³-hybridized carbons (Fsp3) is 0.100. The van der Waals surface area contributed by atoms with Crippen LogP contribution in [0.5, 0.6) is 5.75 Å². The Morgan fingerprint density at radius 2 is 2.00 bits per heavy atom. The molecule has 4 heteroatoms. The molecule has 3 heterocycles. The predicted octanol–water partition coefficient (Wildman–Crippen LogP) is 3.43. The van der Waals surface area contributed by atoms with Gasteiger partial charge in [0.1, 0.15) is 12.4 Å². The van der Waals surface area contributed by atoms with Crippen LogP contribution in [0.25, 0.3) is 16.7 Å². The monoisotopic (exact) mass is 316 g/mol. The number of benzene rings is 1. The summed E-state index contributed by atoms with van der Waals surface area (Å²) in [7, 11) is 0. The number of pyridine rings is 2. The van der Waals surface area contributed by atoms with E-state index >= 15 is 0 Å². The van der Waals surface area contributed by atoms with Crippen molar-refractivity contribution in [2.24, 2.45) is 0 Å². The van der Waals surface area contributed by atoms with Gasteiger partial charge in [0.05, 0.1) is 16.6 Å². The summed E-state index contributed by atoms with van der Waals surface area (Å²) in [5.41, 5.74) is 2.94. The van der Waals surface area contributed by atoms with E-state index in [1.807, 2.05) is 48.5 Å². The highest BCUT2D eigenvalue weighted by molar-refractivity contribution is 5.85. The van der Waals surface area contributed by atoms with E-state index in [0.29, 0.717) is 30.0 Å². The molecule has 4 nitrogen and oxygen atoms in total. The zero-order valence-electron chi connectivity index (χ0n) is 13.1. The van der Waals surface area contributed by atoms with Gasteiger partial charge in [0.25, 0.3) is 5.56 Å². The van der Waals surface area contributed by atoms with Gasteiger partial charge in [-0.05, 0) is 29.8 Å². The Kier molecular flexibility index (Phi) is 3.50. The average Bonchev–Trinajstić information content (AvgIpc) is 2.86. The molecule has 118 valence electrons. The summed E-state index contributed by atoms with van der Waals surface area (Å²) in [5.74, 6) is 0.628. The van der Waals surface area contributed by atoms with Crippen LogP contribution < -0.4 is 10.3 Å². The smallest absolute Gasteiger partial charge is 0.264 e. The maximum absolute atomic E-state index is 13.2. The standard InChI is InChI=1S/C20H16N2O2/c1-2-14-10-11-17-18(24-13-14)16-9-6-12-21-19(16)22(20(17)23)15-7-4-3-5-8-15/h2-10,12H,1,11,13H2. The number of rotatable bonds is 2. The van der Waals surface area contributed by atoms with Gasteiger partial charge >= 0.3 is 0 Å². The molecule has 3 aromatic rings. The van der Waals surface area contributed by atoms with E-state index < -0.39 is 0 Å². The second-order valence-electron chi connectivity index (χ2n) is 5.63. The lowest BCUT2D eigenvalue weighted by atomic mass is 10.1. The molecule has 1 aromatic carbocycles. The van der Waals surface area contributed by atoms with Crippen molar-refractivity contribution >= 4 is 11.0 Å². The topological polar surface area (TPSA) is 44.1 Å². The normalized spacial score (nSPS) is 13.6. The Labute approximate surface area is 139 Å². The number of allylic oxidation sites excluding steroid dienone is 1. The summed E-state index contributed by atoms with van der Waals surface area (Å²) >= 11 is 0. The van der Waals surface area contributed by atoms with Gasteiger partial charge in [0, 0.05) is 12.6 Å². The summed E-state index contributed by atoms with van der Waals surface area (Å²) < 4.78 is 7.60. The van der Waals surface area contributed by atoms with Gasteiger partial charge in [-0.15, -0.1) is 0 Å². The lowest BCUT2D eigenvalue weighted by Crippen LogP contribution is -2.24. The fourth-order valence-corrected chi connectivity index (χ4v) is 2.99. The minimum absolute atomic E-state index is 0.0936. The molecule has 2 aromatic heterocycles. The van der Waals surface area contributed by atoms with Crippen LogP contribution in [0.15, 0.2) is 77.8 Å². The molecule has 0 bridgehead atoms. The van der Waals surface area contributed by atoms with Gasteiger partial charge in [-0.2, -0.15) is 0 Å². The highest BCUT2D eigenvalue weighted by Crippen LogP contribution is 2.30. The first kappa shape index (κ1) is 14.5. The van der Waals surface area contributed by atoms with Crippen LogP contribution in [0, 0.1) is 0 Å². The third kappa shape index (κ3) is 2.24. The molecular weight excluding hydrogens is 300 g/mol. The van der Waals surface area contributed by atoms with Gasteiger partial charge in [0.15, 0.2) is 5.65 Å². The van der Waals surface area contributed by atoms with Crippen LogP contribution >= 0.6 is 0 Å². The first-order chi connectivity index (χ1) is 11.8. The molecule has 0 atom stereocenters. The van der Waals surface area contributed by atoms with Crippen molar-refractivity contribution < 1.29 is 4.74 Å². The summed E-state index contributed by atoms with van der Waals surface area (Å²) in [6, 6.07) is 13.4. The van der Waals surface area contributed by atoms with E-state index in [4.69, 9.17) is 4.74 Å². The van der Waals surface area contributed by atoms with E-state index in [9.17, 15) is 4.79 Å². The van der Waals surface area contributed by atoms with Crippen molar-refractivity contribution in [1.29, 1.82) is 0 Å². The quantitative estimate of drug-likeness (QED) is 0.727. The maximum atomic E-state index is 13.2. The summed E-state index contributed by atoms with van der Waals surface area (Å²) in [6.45, 7) is 4.21. The molecule has 0 amide bonds. The molecule has 0 unspecified atom stereocenters. The Hall–Kier alpha value is -3.14. The Bertz CT molecular complexity index is 1020. The number of fused-ring (bicyclic) bond motifs is 3. The van der Waals surface area contributed by atoms with Gasteiger partial charge in [-0.3, -0.25) is 9.36 Å². The molecule has 0 radical (unpaired) electrons. The van der Waals surface area contributed by atoms with E-state index in [0.717, 1.165) is 16.6 Å². The zero-order chi connectivity index (χ0) is 16.5. The molecule has 4 rings (SSSR count). The van der Waals surface area contributed by atoms with E-state index in [1.165, 1.54) is 0 Å². The first-order valence-electron chi connectivity index (χ1n) is 7.82. The second kappa shape index (κ2) is 5.81. The molecule has 0 saturated heterocycles. The van der Waals surface area contributed by atoms with E-state index in [2.05, 4.69) is 11.6 Å². The third-order valence-electron chi connectivity index (χ3n) is 4.21. The van der Waals surface area contributed by atoms with Crippen LogP contribution in [0.1, 0.15) is 5.56 Å². The van der Waals surface area contributed by atoms with Crippen molar-refractivity contribution in [2.45, 2.75) is 6.42 Å². The molecule has 0 spiro atoms. The van der Waals surface area contributed by atoms with Crippen LogP contribution in [-0.2, 0) is 6.42 Å². The molecular formula is C20H16N2O2. The second-order valence-corrected chi connectivity index (χ2v) is 5.63. The molecule has 0 saturated carbocycles. The number of para-hydroxylation sites is 1. The number of nitrogens with zero attached hydrogens (tertiary/aromatic N) is 2. The fourth-order valence-electron chi connectivity index (χ4n) is 2.99. The summed E-state index contributed by atoms with van der Waals surface area (Å²) in [4.78, 5) is 17.6. The Morgan fingerprint density at radius 1 is 1.17 bits per heavy atom. The van der Waals surface area contributed by atoms with Gasteiger partial charge in [-0.1, -0.05) is 36.9 Å². The number of hydrogen-bond acceptors (Lipinski definition) is 3. The zero-order valence-corrected chi connectivity index (χ0v) is 13.1. The van der Waals surface area contributed by atoms with Gasteiger partial charge in [0.2, 0.25) is 0 Å². The number of aromatic nitrogens is 2. The van der Waals surface area contributed by atoms with E-state index in [-0.39, 0.29) is 5.56 Å². The highest BCUT2D eigenvalue weighted by atomic mass is 16.5. The molecule has 1 aliphatic rings. The predicted molar refractivity (Wildman–Crippen MR) is 94.8 cm³/mol. The molecule has 0 fully saturated rings. The van der Waals surface area contributed by atoms with Crippen LogP contribution in [0.3, 0.4) is 0 Å². The molecule has 24 heavy (non-hydrogen) atoms.